The lowest BCUT2D eigenvalue weighted by atomic mass is 10.2. The number of nitrogens with zero attached hydrogens (tertiary/aromatic N) is 2. The lowest BCUT2D eigenvalue weighted by molar-refractivity contribution is 1.17. The molecule has 72 valence electrons. The first-order valence-corrected chi connectivity index (χ1v) is 5.68. The number of halogens is 1. The fraction of sp³-hybridized carbons (Fsp3) is 0.111. The molecule has 0 fully saturated rings. The summed E-state index contributed by atoms with van der Waals surface area (Å²) in [4.78, 5) is 9.61. The second-order valence-electron chi connectivity index (χ2n) is 2.82. The van der Waals surface area contributed by atoms with Gasteiger partial charge >= 0.3 is 0 Å². The van der Waals surface area contributed by atoms with Crippen molar-refractivity contribution in [3.8, 4) is 11.4 Å². The van der Waals surface area contributed by atoms with E-state index in [0.29, 0.717) is 11.6 Å². The largest absolute Gasteiger partial charge is 0.383 e. The number of aromatic nitrogens is 2. The van der Waals surface area contributed by atoms with E-state index in [4.69, 9.17) is 5.73 Å². The molecule has 0 aliphatic carbocycles. The van der Waals surface area contributed by atoms with Crippen LogP contribution in [0.3, 0.4) is 0 Å². The third-order valence-electron chi connectivity index (χ3n) is 1.87. The Morgan fingerprint density at radius 3 is 2.86 bits per heavy atom. The highest BCUT2D eigenvalue weighted by Crippen LogP contribution is 2.26. The minimum Gasteiger partial charge on any atom is -0.383 e. The molecule has 0 amide bonds. The Morgan fingerprint density at radius 1 is 1.50 bits per heavy atom. The normalized spacial score (nSPS) is 10.4. The number of anilines is 1. The first kappa shape index (κ1) is 9.61. The topological polar surface area (TPSA) is 51.8 Å². The number of hydrogen-bond acceptors (Lipinski definition) is 4. The van der Waals surface area contributed by atoms with Crippen molar-refractivity contribution in [2.45, 2.75) is 6.92 Å². The van der Waals surface area contributed by atoms with Gasteiger partial charge in [-0.3, -0.25) is 0 Å². The Balaban J connectivity index is 2.53. The molecule has 0 saturated carbocycles. The molecule has 2 aromatic heterocycles. The van der Waals surface area contributed by atoms with Crippen LogP contribution in [0.5, 0.6) is 0 Å². The first-order chi connectivity index (χ1) is 6.68. The number of thiophene rings is 1. The van der Waals surface area contributed by atoms with Gasteiger partial charge in [-0.15, -0.1) is 11.3 Å². The van der Waals surface area contributed by atoms with Crippen LogP contribution in [0.15, 0.2) is 22.1 Å². The number of nitrogen functional groups attached to an aromatic ring is 1. The number of nitrogens with two attached hydrogens (primary N) is 1. The van der Waals surface area contributed by atoms with Gasteiger partial charge in [-0.2, -0.15) is 0 Å². The molecule has 0 radical (unpaired) electrons. The van der Waals surface area contributed by atoms with Crippen molar-refractivity contribution in [3.63, 3.8) is 0 Å². The molecule has 0 unspecified atom stereocenters. The van der Waals surface area contributed by atoms with Gasteiger partial charge in [-0.1, -0.05) is 0 Å². The molecule has 3 nitrogen and oxygen atoms in total. The summed E-state index contributed by atoms with van der Waals surface area (Å²) in [5.41, 5.74) is 6.73. The molecule has 2 rings (SSSR count). The molecule has 0 aromatic carbocycles. The maximum atomic E-state index is 5.68. The van der Waals surface area contributed by atoms with E-state index < -0.39 is 0 Å². The van der Waals surface area contributed by atoms with Crippen molar-refractivity contribution in [2.75, 3.05) is 5.73 Å². The molecule has 0 aliphatic heterocycles. The quantitative estimate of drug-likeness (QED) is 0.866. The van der Waals surface area contributed by atoms with Crippen LogP contribution in [0.1, 0.15) is 4.88 Å². The maximum Gasteiger partial charge on any atom is 0.162 e. The van der Waals surface area contributed by atoms with Crippen molar-refractivity contribution < 1.29 is 0 Å². The summed E-state index contributed by atoms with van der Waals surface area (Å²) in [6.45, 7) is 2.04. The minimum absolute atomic E-state index is 0.473. The van der Waals surface area contributed by atoms with Gasteiger partial charge in [-0.25, -0.2) is 9.97 Å². The van der Waals surface area contributed by atoms with Gasteiger partial charge in [0.05, 0.1) is 4.47 Å². The maximum absolute atomic E-state index is 5.68. The van der Waals surface area contributed by atoms with Gasteiger partial charge in [-0.05, 0) is 34.3 Å². The van der Waals surface area contributed by atoms with Crippen molar-refractivity contribution in [3.05, 3.63) is 27.0 Å². The van der Waals surface area contributed by atoms with Gasteiger partial charge in [0, 0.05) is 16.6 Å². The fourth-order valence-corrected chi connectivity index (χ4v) is 2.01. The summed E-state index contributed by atoms with van der Waals surface area (Å²) < 4.78 is 0.731. The van der Waals surface area contributed by atoms with Crippen LogP contribution >= 0.6 is 27.3 Å². The second-order valence-corrected chi connectivity index (χ2v) is 4.79. The highest BCUT2D eigenvalue weighted by Gasteiger charge is 2.07. The molecular weight excluding hydrogens is 262 g/mol. The Hall–Kier alpha value is -0.940. The van der Waals surface area contributed by atoms with Gasteiger partial charge in [0.25, 0.3) is 0 Å². The van der Waals surface area contributed by atoms with E-state index in [1.54, 1.807) is 17.5 Å². The molecule has 0 aliphatic rings. The van der Waals surface area contributed by atoms with E-state index in [9.17, 15) is 0 Å². The molecule has 0 spiro atoms. The van der Waals surface area contributed by atoms with Gasteiger partial charge in [0.15, 0.2) is 5.82 Å². The number of hydrogen-bond donors (Lipinski definition) is 1. The van der Waals surface area contributed by atoms with Gasteiger partial charge in [0.2, 0.25) is 0 Å². The summed E-state index contributed by atoms with van der Waals surface area (Å²) in [7, 11) is 0. The number of rotatable bonds is 1. The molecular formula is C9H8BrN3S. The van der Waals surface area contributed by atoms with Crippen molar-refractivity contribution >= 4 is 33.1 Å². The van der Waals surface area contributed by atoms with E-state index in [1.807, 2.05) is 18.4 Å². The summed E-state index contributed by atoms with van der Waals surface area (Å²) in [6, 6.07) is 2.00. The zero-order valence-electron chi connectivity index (χ0n) is 7.49. The summed E-state index contributed by atoms with van der Waals surface area (Å²) in [6.07, 6.45) is 1.68. The number of aryl methyl sites for hydroxylation is 1. The van der Waals surface area contributed by atoms with Crippen LogP contribution in [0.4, 0.5) is 5.82 Å². The third kappa shape index (κ3) is 1.65. The predicted molar refractivity (Wildman–Crippen MR) is 62.2 cm³/mol. The average Bonchev–Trinajstić information content (AvgIpc) is 2.57. The van der Waals surface area contributed by atoms with Crippen molar-refractivity contribution in [2.24, 2.45) is 0 Å². The molecule has 2 heterocycles. The van der Waals surface area contributed by atoms with Crippen LogP contribution < -0.4 is 5.73 Å². The lowest BCUT2D eigenvalue weighted by Crippen LogP contribution is -1.96. The van der Waals surface area contributed by atoms with Crippen LogP contribution in [0.2, 0.25) is 0 Å². The Kier molecular flexibility index (Phi) is 2.52. The zero-order valence-corrected chi connectivity index (χ0v) is 9.89. The standard InChI is InChI=1S/C9H8BrN3S/c1-5-6(2-3-14-5)9-12-4-7(10)8(11)13-9/h2-4H,1H3,(H2,11,12,13). The molecule has 2 N–H and O–H groups in total. The van der Waals surface area contributed by atoms with E-state index in [2.05, 4.69) is 25.9 Å². The smallest absolute Gasteiger partial charge is 0.162 e. The second kappa shape index (κ2) is 3.67. The van der Waals surface area contributed by atoms with Crippen LogP contribution in [-0.2, 0) is 0 Å². The monoisotopic (exact) mass is 269 g/mol. The Labute approximate surface area is 94.1 Å². The van der Waals surface area contributed by atoms with Gasteiger partial charge < -0.3 is 5.73 Å². The average molecular weight is 270 g/mol. The van der Waals surface area contributed by atoms with Crippen LogP contribution in [0, 0.1) is 6.92 Å². The van der Waals surface area contributed by atoms with Crippen molar-refractivity contribution in [1.82, 2.24) is 9.97 Å². The van der Waals surface area contributed by atoms with E-state index >= 15 is 0 Å². The van der Waals surface area contributed by atoms with E-state index in [-0.39, 0.29) is 0 Å². The molecule has 2 aromatic rings. The predicted octanol–water partition coefficient (Wildman–Crippen LogP) is 2.86. The molecule has 5 heteroatoms. The lowest BCUT2D eigenvalue weighted by Gasteiger charge is -2.01. The Bertz CT molecular complexity index is 467. The Morgan fingerprint density at radius 2 is 2.29 bits per heavy atom. The van der Waals surface area contributed by atoms with Crippen molar-refractivity contribution in [1.29, 1.82) is 0 Å². The van der Waals surface area contributed by atoms with E-state index in [0.717, 1.165) is 10.0 Å². The molecule has 0 saturated heterocycles. The highest BCUT2D eigenvalue weighted by molar-refractivity contribution is 9.10. The molecule has 14 heavy (non-hydrogen) atoms. The minimum atomic E-state index is 0.473. The summed E-state index contributed by atoms with van der Waals surface area (Å²) in [5.74, 6) is 1.16. The highest BCUT2D eigenvalue weighted by atomic mass is 79.9. The third-order valence-corrected chi connectivity index (χ3v) is 3.33. The fourth-order valence-electron chi connectivity index (χ4n) is 1.13. The molecule has 0 bridgehead atoms. The molecule has 0 atom stereocenters. The van der Waals surface area contributed by atoms with Gasteiger partial charge in [0.1, 0.15) is 5.82 Å². The SMILES string of the molecule is Cc1sccc1-c1ncc(Br)c(N)n1. The first-order valence-electron chi connectivity index (χ1n) is 4.01. The summed E-state index contributed by atoms with van der Waals surface area (Å²) in [5, 5.41) is 2.02. The van der Waals surface area contributed by atoms with Crippen LogP contribution in [-0.4, -0.2) is 9.97 Å². The summed E-state index contributed by atoms with van der Waals surface area (Å²) >= 11 is 4.94. The van der Waals surface area contributed by atoms with E-state index in [1.165, 1.54) is 4.88 Å². The van der Waals surface area contributed by atoms with Crippen LogP contribution in [0.25, 0.3) is 11.4 Å². The zero-order chi connectivity index (χ0) is 10.1.